The van der Waals surface area contributed by atoms with Crippen LogP contribution in [0, 0.1) is 5.92 Å². The van der Waals surface area contributed by atoms with Gasteiger partial charge in [-0.3, -0.25) is 25.0 Å². The summed E-state index contributed by atoms with van der Waals surface area (Å²) < 4.78 is 38.6. The third kappa shape index (κ3) is 9.84. The van der Waals surface area contributed by atoms with Crippen LogP contribution in [0.4, 0.5) is 30.2 Å². The van der Waals surface area contributed by atoms with Crippen molar-refractivity contribution in [2.24, 2.45) is 5.92 Å². The van der Waals surface area contributed by atoms with Crippen molar-refractivity contribution >= 4 is 28.9 Å². The Hall–Kier alpha value is -5.92. The Morgan fingerprint density at radius 1 is 0.554 bits per heavy atom. The number of piperazine rings is 1. The van der Waals surface area contributed by atoms with E-state index < -0.39 is 35.7 Å². The Morgan fingerprint density at radius 3 is 1.36 bits per heavy atom. The first-order valence-electron chi connectivity index (χ1n) is 18.6. The van der Waals surface area contributed by atoms with Crippen LogP contribution in [0.1, 0.15) is 46.9 Å². The van der Waals surface area contributed by atoms with Crippen molar-refractivity contribution in [3.8, 4) is 0 Å². The number of amides is 2. The van der Waals surface area contributed by atoms with Crippen LogP contribution in [0.2, 0.25) is 0 Å². The maximum Gasteiger partial charge on any atom is 0.391 e. The molecule has 0 bridgehead atoms. The summed E-state index contributed by atoms with van der Waals surface area (Å²) in [5, 5.41) is 18.4. The van der Waals surface area contributed by atoms with E-state index in [1.807, 2.05) is 89.5 Å². The van der Waals surface area contributed by atoms with Gasteiger partial charge in [0.05, 0.1) is 17.8 Å². The SMILES string of the molecule is O=C(NO)C(c1ccccc1)c1cccc(N2CCC(C(F)(F)F)CC2)c1.O=C(NO)C(c1ccccc1)c1cccc(N2CCN(c3ccncc3)CC2)c1. The van der Waals surface area contributed by atoms with E-state index in [2.05, 4.69) is 26.9 Å². The third-order valence-electron chi connectivity index (χ3n) is 10.4. The van der Waals surface area contributed by atoms with Crippen molar-refractivity contribution in [2.75, 3.05) is 54.0 Å². The maximum absolute atomic E-state index is 12.9. The Bertz CT molecular complexity index is 2010. The highest BCUT2D eigenvalue weighted by atomic mass is 19.4. The number of piperidine rings is 1. The van der Waals surface area contributed by atoms with Crippen LogP contribution >= 0.6 is 0 Å². The van der Waals surface area contributed by atoms with Gasteiger partial charge in [-0.25, -0.2) is 11.0 Å². The average molecular weight is 767 g/mol. The molecule has 13 heteroatoms. The number of aromatic nitrogens is 1. The fourth-order valence-corrected chi connectivity index (χ4v) is 7.46. The molecule has 10 nitrogen and oxygen atoms in total. The maximum atomic E-state index is 12.9. The first-order chi connectivity index (χ1) is 27.2. The van der Waals surface area contributed by atoms with Gasteiger partial charge in [0.2, 0.25) is 0 Å². The predicted molar refractivity (Wildman–Crippen MR) is 209 cm³/mol. The van der Waals surface area contributed by atoms with E-state index in [0.717, 1.165) is 54.2 Å². The number of carbonyl (C=O) groups is 2. The van der Waals surface area contributed by atoms with Crippen LogP contribution in [0.25, 0.3) is 0 Å². The van der Waals surface area contributed by atoms with Gasteiger partial charge in [-0.1, -0.05) is 84.9 Å². The molecule has 0 radical (unpaired) electrons. The topological polar surface area (TPSA) is 121 Å². The van der Waals surface area contributed by atoms with E-state index in [0.29, 0.717) is 18.7 Å². The zero-order valence-corrected chi connectivity index (χ0v) is 30.7. The normalized spacial score (nSPS) is 15.9. The molecule has 5 aromatic rings. The van der Waals surface area contributed by atoms with Gasteiger partial charge in [0.15, 0.2) is 0 Å². The second-order valence-corrected chi connectivity index (χ2v) is 13.8. The van der Waals surface area contributed by atoms with Crippen LogP contribution in [0.3, 0.4) is 0 Å². The molecule has 2 aliphatic rings. The van der Waals surface area contributed by atoms with E-state index in [9.17, 15) is 28.0 Å². The summed E-state index contributed by atoms with van der Waals surface area (Å²) in [6, 6.07) is 37.8. The second kappa shape index (κ2) is 18.6. The number of halogens is 3. The molecule has 2 unspecified atom stereocenters. The Balaban J connectivity index is 0.000000190. The number of alkyl halides is 3. The minimum absolute atomic E-state index is 0.0625. The van der Waals surface area contributed by atoms with Gasteiger partial charge in [0, 0.05) is 68.7 Å². The summed E-state index contributed by atoms with van der Waals surface area (Å²) in [7, 11) is 0. The predicted octanol–water partition coefficient (Wildman–Crippen LogP) is 7.15. The van der Waals surface area contributed by atoms with Gasteiger partial charge in [0.1, 0.15) is 0 Å². The van der Waals surface area contributed by atoms with E-state index >= 15 is 0 Å². The van der Waals surface area contributed by atoms with Crippen LogP contribution in [0.5, 0.6) is 0 Å². The molecule has 2 atom stereocenters. The van der Waals surface area contributed by atoms with Crippen molar-refractivity contribution in [1.29, 1.82) is 0 Å². The van der Waals surface area contributed by atoms with Gasteiger partial charge < -0.3 is 14.7 Å². The molecule has 2 amide bonds. The second-order valence-electron chi connectivity index (χ2n) is 13.8. The van der Waals surface area contributed by atoms with Crippen LogP contribution in [-0.2, 0) is 9.59 Å². The van der Waals surface area contributed by atoms with E-state index in [1.165, 1.54) is 5.69 Å². The van der Waals surface area contributed by atoms with Crippen molar-refractivity contribution < 1.29 is 33.2 Å². The summed E-state index contributed by atoms with van der Waals surface area (Å²) in [5.41, 5.74) is 9.68. The molecule has 0 spiro atoms. The lowest BCUT2D eigenvalue weighted by Gasteiger charge is -2.37. The standard InChI is InChI=1S/C23H24N4O2.C20H21F3N2O2/c28-23(25-29)22(18-5-2-1-3-6-18)19-7-4-8-21(17-19)27-15-13-26(14-16-27)20-9-11-24-12-10-20;21-20(22,23)16-9-11-25(12-10-16)17-8-4-7-15(13-17)18(19(26)24-27)14-5-2-1-3-6-14/h1-12,17,22,29H,13-16H2,(H,25,28);1-8,13,16,18,27H,9-12H2,(H,24,26). The van der Waals surface area contributed by atoms with Gasteiger partial charge in [0.25, 0.3) is 11.8 Å². The summed E-state index contributed by atoms with van der Waals surface area (Å²) in [4.78, 5) is 35.4. The molecule has 1 aromatic heterocycles. The van der Waals surface area contributed by atoms with Crippen molar-refractivity contribution in [3.63, 3.8) is 0 Å². The molecule has 4 aromatic carbocycles. The molecule has 0 aliphatic carbocycles. The van der Waals surface area contributed by atoms with Gasteiger partial charge in [-0.05, 0) is 71.5 Å². The Morgan fingerprint density at radius 2 is 0.946 bits per heavy atom. The molecular formula is C43H45F3N6O4. The van der Waals surface area contributed by atoms with Crippen molar-refractivity contribution in [1.82, 2.24) is 15.9 Å². The monoisotopic (exact) mass is 766 g/mol. The number of benzene rings is 4. The van der Waals surface area contributed by atoms with E-state index in [-0.39, 0.29) is 12.8 Å². The molecular weight excluding hydrogens is 722 g/mol. The minimum atomic E-state index is -4.15. The minimum Gasteiger partial charge on any atom is -0.371 e. The van der Waals surface area contributed by atoms with Gasteiger partial charge >= 0.3 is 6.18 Å². The number of pyridine rings is 1. The fourth-order valence-electron chi connectivity index (χ4n) is 7.46. The number of carbonyl (C=O) groups excluding carboxylic acids is 2. The molecule has 2 saturated heterocycles. The summed E-state index contributed by atoms with van der Waals surface area (Å²) in [6.45, 7) is 4.27. The fraction of sp³-hybridized carbons (Fsp3) is 0.279. The third-order valence-corrected chi connectivity index (χ3v) is 10.4. The lowest BCUT2D eigenvalue weighted by Crippen LogP contribution is -2.46. The molecule has 0 saturated carbocycles. The van der Waals surface area contributed by atoms with Gasteiger partial charge in [-0.2, -0.15) is 13.2 Å². The number of hydrogen-bond donors (Lipinski definition) is 4. The molecule has 7 rings (SSSR count). The first kappa shape index (κ1) is 39.8. The number of hydrogen-bond acceptors (Lipinski definition) is 8. The largest absolute Gasteiger partial charge is 0.391 e. The molecule has 2 aliphatic heterocycles. The van der Waals surface area contributed by atoms with Gasteiger partial charge in [-0.15, -0.1) is 0 Å². The molecule has 2 fully saturated rings. The number of rotatable bonds is 9. The highest BCUT2D eigenvalue weighted by molar-refractivity contribution is 5.87. The van der Waals surface area contributed by atoms with Crippen LogP contribution in [-0.4, -0.2) is 72.7 Å². The summed E-state index contributed by atoms with van der Waals surface area (Å²) in [5.74, 6) is -3.51. The highest BCUT2D eigenvalue weighted by Gasteiger charge is 2.41. The smallest absolute Gasteiger partial charge is 0.371 e. The zero-order valence-electron chi connectivity index (χ0n) is 30.7. The van der Waals surface area contributed by atoms with E-state index in [4.69, 9.17) is 5.21 Å². The van der Waals surface area contributed by atoms with Crippen LogP contribution in [0.15, 0.2) is 134 Å². The Kier molecular flexibility index (Phi) is 13.2. The number of hydroxylamine groups is 2. The Labute approximate surface area is 324 Å². The summed E-state index contributed by atoms with van der Waals surface area (Å²) >= 11 is 0. The van der Waals surface area contributed by atoms with E-state index in [1.54, 1.807) is 47.9 Å². The molecule has 56 heavy (non-hydrogen) atoms. The molecule has 3 heterocycles. The first-order valence-corrected chi connectivity index (χ1v) is 18.6. The molecule has 292 valence electrons. The zero-order chi connectivity index (χ0) is 39.5. The summed E-state index contributed by atoms with van der Waals surface area (Å²) in [6.07, 6.45) is -0.381. The quantitative estimate of drug-likeness (QED) is 0.0923. The lowest BCUT2D eigenvalue weighted by molar-refractivity contribution is -0.179. The number of anilines is 3. The highest BCUT2D eigenvalue weighted by Crippen LogP contribution is 2.36. The van der Waals surface area contributed by atoms with Crippen molar-refractivity contribution in [3.05, 3.63) is 156 Å². The number of nitrogens with zero attached hydrogens (tertiary/aromatic N) is 4. The average Bonchev–Trinajstić information content (AvgIpc) is 3.25. The molecule has 4 N–H and O–H groups in total. The van der Waals surface area contributed by atoms with Crippen molar-refractivity contribution in [2.45, 2.75) is 30.9 Å². The lowest BCUT2D eigenvalue weighted by atomic mass is 9.90. The number of nitrogens with one attached hydrogen (secondary N) is 2. The van der Waals surface area contributed by atoms with Crippen LogP contribution < -0.4 is 25.7 Å².